The van der Waals surface area contributed by atoms with Gasteiger partial charge in [-0.1, -0.05) is 18.5 Å². The highest BCUT2D eigenvalue weighted by Crippen LogP contribution is 2.28. The van der Waals surface area contributed by atoms with Gasteiger partial charge in [-0.3, -0.25) is 4.79 Å². The van der Waals surface area contributed by atoms with E-state index in [1.165, 1.54) is 0 Å². The second kappa shape index (κ2) is 7.43. The Morgan fingerprint density at radius 2 is 2.24 bits per heavy atom. The van der Waals surface area contributed by atoms with Crippen LogP contribution in [0.15, 0.2) is 23.6 Å². The van der Waals surface area contributed by atoms with Gasteiger partial charge in [0.15, 0.2) is 0 Å². The second-order valence-electron chi connectivity index (χ2n) is 4.38. The summed E-state index contributed by atoms with van der Waals surface area (Å²) >= 11 is 7.51. The van der Waals surface area contributed by atoms with Crippen molar-refractivity contribution >= 4 is 34.5 Å². The van der Waals surface area contributed by atoms with Gasteiger partial charge in [-0.25, -0.2) is 4.98 Å². The Bertz CT molecular complexity index is 628. The standard InChI is InChI=1S/C15H17ClN2O2S/c1-3-15-17-11(9-21-15)8-14(19)18-12-6-5-10(16)7-13(12)20-4-2/h5-7,9H,3-4,8H2,1-2H3,(H,18,19). The summed E-state index contributed by atoms with van der Waals surface area (Å²) in [6, 6.07) is 5.15. The quantitative estimate of drug-likeness (QED) is 0.875. The van der Waals surface area contributed by atoms with Crippen LogP contribution in [-0.2, 0) is 17.6 Å². The lowest BCUT2D eigenvalue weighted by molar-refractivity contribution is -0.115. The number of ether oxygens (including phenoxy) is 1. The second-order valence-corrected chi connectivity index (χ2v) is 5.76. The number of benzene rings is 1. The average Bonchev–Trinajstić information content (AvgIpc) is 2.89. The molecule has 0 aliphatic heterocycles. The number of aryl methyl sites for hydroxylation is 1. The van der Waals surface area contributed by atoms with E-state index in [-0.39, 0.29) is 12.3 Å². The number of thiazole rings is 1. The first-order valence-corrected chi connectivity index (χ1v) is 8.03. The first-order valence-electron chi connectivity index (χ1n) is 6.77. The largest absolute Gasteiger partial charge is 0.492 e. The molecule has 2 rings (SSSR count). The van der Waals surface area contributed by atoms with E-state index in [0.29, 0.717) is 23.1 Å². The lowest BCUT2D eigenvalue weighted by Crippen LogP contribution is -2.15. The van der Waals surface area contributed by atoms with Crippen molar-refractivity contribution in [2.24, 2.45) is 0 Å². The average molecular weight is 325 g/mol. The lowest BCUT2D eigenvalue weighted by atomic mass is 10.2. The lowest BCUT2D eigenvalue weighted by Gasteiger charge is -2.11. The molecule has 0 atom stereocenters. The highest BCUT2D eigenvalue weighted by molar-refractivity contribution is 7.09. The molecule has 1 heterocycles. The molecule has 0 bridgehead atoms. The molecule has 112 valence electrons. The third-order valence-corrected chi connectivity index (χ3v) is 4.04. The molecule has 0 radical (unpaired) electrons. The number of carbonyl (C=O) groups excluding carboxylic acids is 1. The number of hydrogen-bond acceptors (Lipinski definition) is 4. The van der Waals surface area contributed by atoms with Crippen LogP contribution in [0.4, 0.5) is 5.69 Å². The van der Waals surface area contributed by atoms with Gasteiger partial charge in [0.05, 0.1) is 29.4 Å². The van der Waals surface area contributed by atoms with E-state index >= 15 is 0 Å². The summed E-state index contributed by atoms with van der Waals surface area (Å²) in [5.74, 6) is 0.456. The van der Waals surface area contributed by atoms with Crippen LogP contribution >= 0.6 is 22.9 Å². The van der Waals surface area contributed by atoms with Gasteiger partial charge in [0.1, 0.15) is 5.75 Å². The van der Waals surface area contributed by atoms with Crippen LogP contribution in [-0.4, -0.2) is 17.5 Å². The van der Waals surface area contributed by atoms with E-state index in [4.69, 9.17) is 16.3 Å². The molecule has 1 N–H and O–H groups in total. The van der Waals surface area contributed by atoms with Crippen molar-refractivity contribution in [2.75, 3.05) is 11.9 Å². The number of hydrogen-bond donors (Lipinski definition) is 1. The molecule has 0 fully saturated rings. The van der Waals surface area contributed by atoms with Crippen LogP contribution in [0.3, 0.4) is 0 Å². The molecule has 0 spiro atoms. The normalized spacial score (nSPS) is 10.4. The molecule has 0 aliphatic carbocycles. The minimum atomic E-state index is -0.119. The van der Waals surface area contributed by atoms with E-state index in [1.807, 2.05) is 19.2 Å². The zero-order chi connectivity index (χ0) is 15.2. The van der Waals surface area contributed by atoms with Gasteiger partial charge in [-0.15, -0.1) is 11.3 Å². The predicted molar refractivity (Wildman–Crippen MR) is 86.4 cm³/mol. The molecule has 1 amide bonds. The van der Waals surface area contributed by atoms with Crippen molar-refractivity contribution in [3.63, 3.8) is 0 Å². The SMILES string of the molecule is CCOc1cc(Cl)ccc1NC(=O)Cc1csc(CC)n1. The molecule has 6 heteroatoms. The van der Waals surface area contributed by atoms with Crippen molar-refractivity contribution < 1.29 is 9.53 Å². The monoisotopic (exact) mass is 324 g/mol. The number of halogens is 1. The third-order valence-electron chi connectivity index (χ3n) is 2.76. The number of carbonyl (C=O) groups is 1. The van der Waals surface area contributed by atoms with Gasteiger partial charge >= 0.3 is 0 Å². The minimum Gasteiger partial charge on any atom is -0.492 e. The van der Waals surface area contributed by atoms with Crippen molar-refractivity contribution in [2.45, 2.75) is 26.7 Å². The Morgan fingerprint density at radius 1 is 1.43 bits per heavy atom. The van der Waals surface area contributed by atoms with E-state index in [1.54, 1.807) is 29.5 Å². The summed E-state index contributed by atoms with van der Waals surface area (Å²) in [7, 11) is 0. The molecule has 4 nitrogen and oxygen atoms in total. The van der Waals surface area contributed by atoms with Gasteiger partial charge in [-0.2, -0.15) is 0 Å². The van der Waals surface area contributed by atoms with Crippen LogP contribution in [0, 0.1) is 0 Å². The van der Waals surface area contributed by atoms with Gasteiger partial charge in [0.25, 0.3) is 0 Å². The topological polar surface area (TPSA) is 51.2 Å². The van der Waals surface area contributed by atoms with E-state index in [0.717, 1.165) is 17.1 Å². The van der Waals surface area contributed by atoms with Crippen LogP contribution < -0.4 is 10.1 Å². The van der Waals surface area contributed by atoms with Crippen LogP contribution in [0.2, 0.25) is 5.02 Å². The number of anilines is 1. The van der Waals surface area contributed by atoms with Crippen molar-refractivity contribution in [3.05, 3.63) is 39.3 Å². The number of rotatable bonds is 6. The molecule has 2 aromatic rings. The summed E-state index contributed by atoms with van der Waals surface area (Å²) in [4.78, 5) is 16.5. The fourth-order valence-corrected chi connectivity index (χ4v) is 2.73. The summed E-state index contributed by atoms with van der Waals surface area (Å²) in [6.07, 6.45) is 1.14. The van der Waals surface area contributed by atoms with E-state index in [9.17, 15) is 4.79 Å². The highest BCUT2D eigenvalue weighted by Gasteiger charge is 2.11. The number of nitrogens with one attached hydrogen (secondary N) is 1. The summed E-state index contributed by atoms with van der Waals surface area (Å²) < 4.78 is 5.48. The maximum absolute atomic E-state index is 12.1. The Balaban J connectivity index is 2.05. The van der Waals surface area contributed by atoms with Gasteiger partial charge < -0.3 is 10.1 Å². The van der Waals surface area contributed by atoms with Crippen molar-refractivity contribution in [3.8, 4) is 5.75 Å². The van der Waals surface area contributed by atoms with E-state index in [2.05, 4.69) is 10.3 Å². The molecule has 0 unspecified atom stereocenters. The smallest absolute Gasteiger partial charge is 0.230 e. The maximum Gasteiger partial charge on any atom is 0.230 e. The van der Waals surface area contributed by atoms with Crippen LogP contribution in [0.1, 0.15) is 24.5 Å². The zero-order valence-electron chi connectivity index (χ0n) is 12.0. The number of aromatic nitrogens is 1. The van der Waals surface area contributed by atoms with Gasteiger partial charge in [0, 0.05) is 16.5 Å². The Morgan fingerprint density at radius 3 is 2.90 bits per heavy atom. The molecular weight excluding hydrogens is 308 g/mol. The summed E-state index contributed by atoms with van der Waals surface area (Å²) in [5.41, 5.74) is 1.42. The third kappa shape index (κ3) is 4.44. The molecular formula is C15H17ClN2O2S. The number of nitrogens with zero attached hydrogens (tertiary/aromatic N) is 1. The molecule has 1 aromatic carbocycles. The van der Waals surface area contributed by atoms with E-state index < -0.39 is 0 Å². The zero-order valence-corrected chi connectivity index (χ0v) is 13.6. The van der Waals surface area contributed by atoms with Gasteiger partial charge in [-0.05, 0) is 25.5 Å². The Kier molecular flexibility index (Phi) is 5.59. The molecule has 0 saturated heterocycles. The Labute approximate surface area is 133 Å². The minimum absolute atomic E-state index is 0.119. The predicted octanol–water partition coefficient (Wildman–Crippen LogP) is 3.94. The molecule has 1 aromatic heterocycles. The first-order chi connectivity index (χ1) is 10.1. The maximum atomic E-state index is 12.1. The first kappa shape index (κ1) is 15.8. The molecule has 0 aliphatic rings. The fourth-order valence-electron chi connectivity index (χ4n) is 1.83. The van der Waals surface area contributed by atoms with Crippen LogP contribution in [0.5, 0.6) is 5.75 Å². The van der Waals surface area contributed by atoms with Crippen molar-refractivity contribution in [1.29, 1.82) is 0 Å². The number of amides is 1. The summed E-state index contributed by atoms with van der Waals surface area (Å²) in [6.45, 7) is 4.44. The van der Waals surface area contributed by atoms with Crippen LogP contribution in [0.25, 0.3) is 0 Å². The molecule has 0 saturated carbocycles. The highest BCUT2D eigenvalue weighted by atomic mass is 35.5. The van der Waals surface area contributed by atoms with Crippen molar-refractivity contribution in [1.82, 2.24) is 4.98 Å². The fraction of sp³-hybridized carbons (Fsp3) is 0.333. The summed E-state index contributed by atoms with van der Waals surface area (Å²) in [5, 5.41) is 6.37. The molecule has 21 heavy (non-hydrogen) atoms. The Hall–Kier alpha value is -1.59. The van der Waals surface area contributed by atoms with Gasteiger partial charge in [0.2, 0.25) is 5.91 Å².